The van der Waals surface area contributed by atoms with Gasteiger partial charge in [0.2, 0.25) is 11.9 Å². The molecule has 1 fully saturated rings. The monoisotopic (exact) mass is 594 g/mol. The molecule has 0 saturated heterocycles. The smallest absolute Gasteiger partial charge is 0.222 e. The number of nitrogens with zero attached hydrogens (tertiary/aromatic N) is 6. The maximum atomic E-state index is 11.4. The quantitative estimate of drug-likeness (QED) is 0.194. The number of hydrogen-bond donors (Lipinski definition) is 2. The van der Waals surface area contributed by atoms with Gasteiger partial charge in [0.05, 0.1) is 30.5 Å². The number of carbonyl (C=O) groups excluding carboxylic acids is 1. The normalized spacial score (nSPS) is 16.8. The average Bonchev–Trinajstić information content (AvgIpc) is 3.70. The first kappa shape index (κ1) is 29.3. The van der Waals surface area contributed by atoms with Crippen LogP contribution in [0.5, 0.6) is 11.5 Å². The van der Waals surface area contributed by atoms with Gasteiger partial charge >= 0.3 is 0 Å². The molecule has 228 valence electrons. The summed E-state index contributed by atoms with van der Waals surface area (Å²) in [6.07, 6.45) is 6.43. The Morgan fingerprint density at radius 3 is 2.61 bits per heavy atom. The number of hydrogen-bond acceptors (Lipinski definition) is 8. The van der Waals surface area contributed by atoms with Crippen molar-refractivity contribution in [3.63, 3.8) is 0 Å². The molecule has 1 aliphatic carbocycles. The maximum Gasteiger partial charge on any atom is 0.222 e. The number of carbonyl (C=O) groups is 1. The van der Waals surface area contributed by atoms with Crippen molar-refractivity contribution in [2.24, 2.45) is 7.05 Å². The Morgan fingerprint density at radius 2 is 1.84 bits per heavy atom. The van der Waals surface area contributed by atoms with Crippen LogP contribution in [0.4, 0.5) is 17.6 Å². The van der Waals surface area contributed by atoms with Crippen LogP contribution < -0.4 is 15.4 Å². The molecule has 4 aromatic heterocycles. The summed E-state index contributed by atoms with van der Waals surface area (Å²) in [4.78, 5) is 24.8. The van der Waals surface area contributed by atoms with Gasteiger partial charge in [-0.25, -0.2) is 9.97 Å². The maximum absolute atomic E-state index is 11.4. The molecule has 0 spiro atoms. The molecular weight excluding hydrogens is 556 g/mol. The molecule has 11 heteroatoms. The van der Waals surface area contributed by atoms with E-state index in [0.717, 1.165) is 36.3 Å². The molecule has 5 aromatic rings. The van der Waals surface area contributed by atoms with Crippen LogP contribution in [0.15, 0.2) is 67.0 Å². The molecule has 1 unspecified atom stereocenters. The number of amides is 1. The van der Waals surface area contributed by atoms with E-state index in [1.807, 2.05) is 35.9 Å². The molecule has 2 atom stereocenters. The summed E-state index contributed by atoms with van der Waals surface area (Å²) in [6.45, 7) is 8.66. The minimum Gasteiger partial charge on any atom is -0.455 e. The molecule has 0 aliphatic heterocycles. The average molecular weight is 595 g/mol. The van der Waals surface area contributed by atoms with Crippen molar-refractivity contribution in [3.8, 4) is 11.5 Å². The van der Waals surface area contributed by atoms with Gasteiger partial charge in [0.1, 0.15) is 17.3 Å². The minimum absolute atomic E-state index is 0.0946. The molecule has 44 heavy (non-hydrogen) atoms. The number of aromatic nitrogens is 6. The van der Waals surface area contributed by atoms with Gasteiger partial charge in [0, 0.05) is 49.5 Å². The molecular formula is C33H38N8O3. The molecule has 6 rings (SSSR count). The number of anilines is 3. The van der Waals surface area contributed by atoms with E-state index in [1.54, 1.807) is 24.5 Å². The molecule has 4 heterocycles. The van der Waals surface area contributed by atoms with Crippen molar-refractivity contribution in [2.45, 2.75) is 71.1 Å². The van der Waals surface area contributed by atoms with Crippen LogP contribution in [0.2, 0.25) is 0 Å². The van der Waals surface area contributed by atoms with Gasteiger partial charge < -0.3 is 24.7 Å². The fraction of sp³-hybridized carbons (Fsp3) is 0.364. The summed E-state index contributed by atoms with van der Waals surface area (Å²) in [5, 5.41) is 11.2. The fourth-order valence-corrected chi connectivity index (χ4v) is 5.62. The Hall–Kier alpha value is -4.77. The van der Waals surface area contributed by atoms with Gasteiger partial charge in [-0.05, 0) is 30.9 Å². The lowest BCUT2D eigenvalue weighted by Gasteiger charge is -2.27. The van der Waals surface area contributed by atoms with Crippen LogP contribution in [0.1, 0.15) is 64.3 Å². The van der Waals surface area contributed by atoms with Crippen LogP contribution in [0.25, 0.3) is 11.2 Å². The lowest BCUT2D eigenvalue weighted by atomic mass is 9.91. The Labute approximate surface area is 256 Å². The SMILES string of the molecule is CC(=O)Nc1cc(Oc2cnc3nc(Nc4cc(C(C)(C)C)n([C@H]5CCCC5OCc5ccccc5)n4)n(C)c3c2)ccn1. The molecule has 0 bridgehead atoms. The summed E-state index contributed by atoms with van der Waals surface area (Å²) >= 11 is 0. The molecule has 11 nitrogen and oxygen atoms in total. The highest BCUT2D eigenvalue weighted by atomic mass is 16.5. The van der Waals surface area contributed by atoms with E-state index in [9.17, 15) is 4.79 Å². The van der Waals surface area contributed by atoms with Gasteiger partial charge in [-0.15, -0.1) is 0 Å². The summed E-state index contributed by atoms with van der Waals surface area (Å²) in [6, 6.07) is 17.9. The largest absolute Gasteiger partial charge is 0.455 e. The zero-order valence-corrected chi connectivity index (χ0v) is 25.7. The van der Waals surface area contributed by atoms with Crippen molar-refractivity contribution in [1.82, 2.24) is 29.3 Å². The third kappa shape index (κ3) is 6.42. The van der Waals surface area contributed by atoms with Crippen LogP contribution in [0, 0.1) is 0 Å². The topological polar surface area (TPSA) is 121 Å². The number of aryl methyl sites for hydroxylation is 1. The summed E-state index contributed by atoms with van der Waals surface area (Å²) in [5.41, 5.74) is 3.57. The Kier molecular flexibility index (Phi) is 8.05. The van der Waals surface area contributed by atoms with Crippen molar-refractivity contribution in [2.75, 3.05) is 10.6 Å². The van der Waals surface area contributed by atoms with E-state index in [-0.39, 0.29) is 23.5 Å². The minimum atomic E-state index is -0.202. The van der Waals surface area contributed by atoms with Gasteiger partial charge in [-0.1, -0.05) is 51.1 Å². The number of pyridine rings is 2. The van der Waals surface area contributed by atoms with Crippen molar-refractivity contribution >= 4 is 34.7 Å². The van der Waals surface area contributed by atoms with Gasteiger partial charge in [0.15, 0.2) is 11.5 Å². The summed E-state index contributed by atoms with van der Waals surface area (Å²) < 4.78 is 16.6. The Balaban J connectivity index is 1.23. The van der Waals surface area contributed by atoms with E-state index in [0.29, 0.717) is 35.5 Å². The van der Waals surface area contributed by atoms with Crippen molar-refractivity contribution in [3.05, 3.63) is 78.2 Å². The lowest BCUT2D eigenvalue weighted by Crippen LogP contribution is -2.28. The second kappa shape index (κ2) is 12.1. The van der Waals surface area contributed by atoms with Crippen molar-refractivity contribution in [1.29, 1.82) is 0 Å². The number of fused-ring (bicyclic) bond motifs is 1. The molecule has 1 saturated carbocycles. The van der Waals surface area contributed by atoms with Gasteiger partial charge in [-0.3, -0.25) is 9.48 Å². The standard InChI is InChI=1S/C33H38N8O3/c1-21(42)36-29-17-23(14-15-34-29)44-24-16-26-31(35-19-24)38-32(40(26)5)37-30-18-28(33(2,3)4)41(39-30)25-12-9-13-27(25)43-20-22-10-7-6-8-11-22/h6-8,10-11,14-19,25,27H,9,12-13,20H2,1-5H3,(H,34,36,42)(H,35,37,38,39)/t25-,27?/m0/s1. The second-order valence-corrected chi connectivity index (χ2v) is 12.2. The number of imidazole rings is 1. The number of rotatable bonds is 9. The molecule has 0 radical (unpaired) electrons. The first-order chi connectivity index (χ1) is 21.1. The van der Waals surface area contributed by atoms with Crippen molar-refractivity contribution < 1.29 is 14.3 Å². The number of nitrogens with one attached hydrogen (secondary N) is 2. The van der Waals surface area contributed by atoms with Crippen LogP contribution in [-0.4, -0.2) is 41.3 Å². The second-order valence-electron chi connectivity index (χ2n) is 12.2. The van der Waals surface area contributed by atoms with Gasteiger partial charge in [0.25, 0.3) is 0 Å². The third-order valence-corrected chi connectivity index (χ3v) is 7.77. The molecule has 1 amide bonds. The van der Waals surface area contributed by atoms with Crippen LogP contribution in [0.3, 0.4) is 0 Å². The first-order valence-corrected chi connectivity index (χ1v) is 14.9. The van der Waals surface area contributed by atoms with Crippen LogP contribution >= 0.6 is 0 Å². The van der Waals surface area contributed by atoms with E-state index in [1.165, 1.54) is 12.5 Å². The first-order valence-electron chi connectivity index (χ1n) is 14.9. The fourth-order valence-electron chi connectivity index (χ4n) is 5.62. The molecule has 1 aliphatic rings. The highest BCUT2D eigenvalue weighted by molar-refractivity contribution is 5.87. The van der Waals surface area contributed by atoms with E-state index >= 15 is 0 Å². The zero-order valence-electron chi connectivity index (χ0n) is 25.7. The predicted octanol–water partition coefficient (Wildman–Crippen LogP) is 6.66. The third-order valence-electron chi connectivity index (χ3n) is 7.77. The number of ether oxygens (including phenoxy) is 2. The van der Waals surface area contributed by atoms with E-state index in [2.05, 4.69) is 64.3 Å². The Bertz CT molecular complexity index is 1770. The Morgan fingerprint density at radius 1 is 1.02 bits per heavy atom. The lowest BCUT2D eigenvalue weighted by molar-refractivity contribution is -0.114. The van der Waals surface area contributed by atoms with E-state index < -0.39 is 0 Å². The molecule has 2 N–H and O–H groups in total. The summed E-state index contributed by atoms with van der Waals surface area (Å²) in [7, 11) is 1.93. The van der Waals surface area contributed by atoms with E-state index in [4.69, 9.17) is 19.6 Å². The predicted molar refractivity (Wildman–Crippen MR) is 169 cm³/mol. The number of benzene rings is 1. The summed E-state index contributed by atoms with van der Waals surface area (Å²) in [5.74, 6) is 2.62. The highest BCUT2D eigenvalue weighted by Gasteiger charge is 2.34. The zero-order chi connectivity index (χ0) is 30.8. The van der Waals surface area contributed by atoms with Gasteiger partial charge in [-0.2, -0.15) is 10.1 Å². The highest BCUT2D eigenvalue weighted by Crippen LogP contribution is 2.38. The molecule has 1 aromatic carbocycles. The van der Waals surface area contributed by atoms with Crippen LogP contribution in [-0.2, 0) is 28.6 Å².